The van der Waals surface area contributed by atoms with Gasteiger partial charge in [-0.05, 0) is 82.1 Å². The second-order valence-electron chi connectivity index (χ2n) is 9.01. The Kier molecular flexibility index (Phi) is 6.10. The number of piperidine rings is 1. The normalized spacial score (nSPS) is 20.0. The molecule has 1 aromatic heterocycles. The summed E-state index contributed by atoms with van der Waals surface area (Å²) in [6, 6.07) is 13.5. The average Bonchev–Trinajstić information content (AvgIpc) is 3.09. The molecule has 2 aliphatic rings. The number of nitrogens with zero attached hydrogens (tertiary/aromatic N) is 3. The van der Waals surface area contributed by atoms with Gasteiger partial charge in [0.15, 0.2) is 0 Å². The standard InChI is InChI=1S/C26H31FN4OS/c1-4-30(5-2)26(32)28-31-22-13-7-11-20-19-12-8-14-29(3)23(19)16-21(24(20)22)25(31)33-18-10-6-9-17(27)15-18/h6-7,9-11,13,15,19,23H,4-5,8,12,14,16H2,1-3H3,(H,28,32)/t19-,23-/m1/s1. The summed E-state index contributed by atoms with van der Waals surface area (Å²) < 4.78 is 16.0. The molecule has 0 spiro atoms. The maximum Gasteiger partial charge on any atom is 0.336 e. The van der Waals surface area contributed by atoms with Gasteiger partial charge in [0.25, 0.3) is 0 Å². The van der Waals surface area contributed by atoms with Gasteiger partial charge in [-0.2, -0.15) is 0 Å². The number of benzene rings is 2. The second kappa shape index (κ2) is 9.03. The number of carbonyl (C=O) groups is 1. The summed E-state index contributed by atoms with van der Waals surface area (Å²) in [4.78, 5) is 18.2. The zero-order chi connectivity index (χ0) is 23.1. The Hall–Kier alpha value is -2.51. The molecule has 2 atom stereocenters. The Balaban J connectivity index is 1.68. The molecule has 1 aliphatic carbocycles. The van der Waals surface area contributed by atoms with Crippen molar-refractivity contribution in [1.82, 2.24) is 14.5 Å². The highest BCUT2D eigenvalue weighted by Crippen LogP contribution is 2.48. The van der Waals surface area contributed by atoms with Gasteiger partial charge in [-0.1, -0.05) is 30.0 Å². The maximum absolute atomic E-state index is 14.0. The number of amides is 2. The topological polar surface area (TPSA) is 40.5 Å². The molecule has 174 valence electrons. The van der Waals surface area contributed by atoms with Gasteiger partial charge in [-0.15, -0.1) is 0 Å². The van der Waals surface area contributed by atoms with Crippen LogP contribution in [0.15, 0.2) is 52.4 Å². The number of likely N-dealkylation sites (N-methyl/N-ethyl adjacent to an activating group) is 1. The van der Waals surface area contributed by atoms with E-state index in [4.69, 9.17) is 0 Å². The molecular weight excluding hydrogens is 435 g/mol. The highest BCUT2D eigenvalue weighted by atomic mass is 32.2. The molecule has 0 bridgehead atoms. The first-order valence-corrected chi connectivity index (χ1v) is 12.7. The molecule has 0 saturated carbocycles. The van der Waals surface area contributed by atoms with E-state index >= 15 is 0 Å². The third-order valence-electron chi connectivity index (χ3n) is 7.22. The van der Waals surface area contributed by atoms with Crippen LogP contribution in [0.25, 0.3) is 10.9 Å². The smallest absolute Gasteiger partial charge is 0.324 e. The van der Waals surface area contributed by atoms with Crippen LogP contribution in [0.3, 0.4) is 0 Å². The van der Waals surface area contributed by atoms with E-state index in [9.17, 15) is 9.18 Å². The molecule has 1 saturated heterocycles. The summed E-state index contributed by atoms with van der Waals surface area (Å²) in [6.07, 6.45) is 3.32. The fraction of sp³-hybridized carbons (Fsp3) is 0.423. The van der Waals surface area contributed by atoms with Gasteiger partial charge in [0, 0.05) is 35.3 Å². The molecule has 1 fully saturated rings. The Bertz CT molecular complexity index is 1190. The van der Waals surface area contributed by atoms with Crippen LogP contribution in [0.2, 0.25) is 0 Å². The van der Waals surface area contributed by atoms with E-state index < -0.39 is 0 Å². The first-order chi connectivity index (χ1) is 16.0. The van der Waals surface area contributed by atoms with E-state index in [1.807, 2.05) is 24.6 Å². The number of rotatable bonds is 5. The zero-order valence-corrected chi connectivity index (χ0v) is 20.3. The van der Waals surface area contributed by atoms with Gasteiger partial charge in [0.05, 0.1) is 5.52 Å². The first-order valence-electron chi connectivity index (χ1n) is 11.9. The van der Waals surface area contributed by atoms with E-state index in [0.717, 1.165) is 28.4 Å². The number of fused-ring (bicyclic) bond motifs is 2. The predicted molar refractivity (Wildman–Crippen MR) is 132 cm³/mol. The minimum absolute atomic E-state index is 0.122. The van der Waals surface area contributed by atoms with Crippen molar-refractivity contribution in [2.45, 2.75) is 55.0 Å². The van der Waals surface area contributed by atoms with Gasteiger partial charge in [0.1, 0.15) is 10.8 Å². The van der Waals surface area contributed by atoms with Gasteiger partial charge in [0.2, 0.25) is 0 Å². The molecule has 0 unspecified atom stereocenters. The maximum atomic E-state index is 14.0. The summed E-state index contributed by atoms with van der Waals surface area (Å²) in [5.74, 6) is 0.248. The van der Waals surface area contributed by atoms with Gasteiger partial charge >= 0.3 is 6.03 Å². The summed E-state index contributed by atoms with van der Waals surface area (Å²) in [5, 5.41) is 2.23. The summed E-state index contributed by atoms with van der Waals surface area (Å²) in [5.41, 5.74) is 6.82. The number of urea groups is 1. The van der Waals surface area contributed by atoms with Crippen molar-refractivity contribution >= 4 is 28.7 Å². The van der Waals surface area contributed by atoms with Crippen LogP contribution in [0, 0.1) is 5.82 Å². The molecule has 2 heterocycles. The Labute approximate surface area is 198 Å². The Morgan fingerprint density at radius 1 is 1.21 bits per heavy atom. The van der Waals surface area contributed by atoms with Gasteiger partial charge in [-0.25, -0.2) is 19.3 Å². The van der Waals surface area contributed by atoms with Crippen molar-refractivity contribution in [3.05, 3.63) is 59.4 Å². The predicted octanol–water partition coefficient (Wildman–Crippen LogP) is 5.67. The number of likely N-dealkylation sites (tertiary alicyclic amines) is 1. The van der Waals surface area contributed by atoms with Gasteiger partial charge in [-0.3, -0.25) is 0 Å². The monoisotopic (exact) mass is 466 g/mol. The van der Waals surface area contributed by atoms with Crippen LogP contribution >= 0.6 is 11.8 Å². The quantitative estimate of drug-likeness (QED) is 0.527. The lowest BCUT2D eigenvalue weighted by molar-refractivity contribution is 0.156. The first kappa shape index (κ1) is 22.3. The summed E-state index contributed by atoms with van der Waals surface area (Å²) in [6.45, 7) is 6.36. The molecule has 1 aliphatic heterocycles. The van der Waals surface area contributed by atoms with E-state index in [0.29, 0.717) is 25.0 Å². The van der Waals surface area contributed by atoms with E-state index in [1.165, 1.54) is 47.2 Å². The number of carbonyl (C=O) groups excluding carboxylic acids is 1. The van der Waals surface area contributed by atoms with Crippen molar-refractivity contribution in [3.8, 4) is 0 Å². The van der Waals surface area contributed by atoms with Crippen LogP contribution in [0.4, 0.5) is 9.18 Å². The highest BCUT2D eigenvalue weighted by Gasteiger charge is 2.38. The third kappa shape index (κ3) is 3.91. The second-order valence-corrected chi connectivity index (χ2v) is 10.1. The molecule has 0 radical (unpaired) electrons. The Morgan fingerprint density at radius 3 is 2.76 bits per heavy atom. The molecule has 5 rings (SSSR count). The van der Waals surface area contributed by atoms with Crippen LogP contribution in [-0.2, 0) is 6.42 Å². The van der Waals surface area contributed by atoms with E-state index in [-0.39, 0.29) is 11.8 Å². The number of hydrogen-bond donors (Lipinski definition) is 1. The lowest BCUT2D eigenvalue weighted by atomic mass is 9.75. The number of aromatic nitrogens is 1. The van der Waals surface area contributed by atoms with Crippen molar-refractivity contribution in [1.29, 1.82) is 0 Å². The summed E-state index contributed by atoms with van der Waals surface area (Å²) in [7, 11) is 2.22. The lowest BCUT2D eigenvalue weighted by Gasteiger charge is -2.42. The molecule has 2 amide bonds. The average molecular weight is 467 g/mol. The fourth-order valence-corrected chi connectivity index (χ4v) is 6.64. The van der Waals surface area contributed by atoms with Crippen LogP contribution in [-0.4, -0.2) is 53.2 Å². The Morgan fingerprint density at radius 2 is 2.00 bits per heavy atom. The highest BCUT2D eigenvalue weighted by molar-refractivity contribution is 7.99. The largest absolute Gasteiger partial charge is 0.336 e. The fourth-order valence-electron chi connectivity index (χ4n) is 5.56. The number of halogens is 1. The molecule has 2 aromatic carbocycles. The SMILES string of the molecule is CCN(CC)C(=O)Nn1c(Sc2cccc(F)c2)c2c3c(cccc31)[C@H]1CCCN(C)[C@@H]1C2. The number of nitrogens with one attached hydrogen (secondary N) is 1. The van der Waals surface area contributed by atoms with Crippen LogP contribution in [0.5, 0.6) is 0 Å². The third-order valence-corrected chi connectivity index (χ3v) is 8.33. The van der Waals surface area contributed by atoms with Crippen molar-refractivity contribution in [3.63, 3.8) is 0 Å². The number of hydrogen-bond acceptors (Lipinski definition) is 3. The molecule has 1 N–H and O–H groups in total. The van der Waals surface area contributed by atoms with Crippen molar-refractivity contribution < 1.29 is 9.18 Å². The molecular formula is C26H31FN4OS. The van der Waals surface area contributed by atoms with Crippen LogP contribution in [0.1, 0.15) is 43.7 Å². The van der Waals surface area contributed by atoms with Crippen LogP contribution < -0.4 is 5.43 Å². The summed E-state index contributed by atoms with van der Waals surface area (Å²) >= 11 is 1.53. The zero-order valence-electron chi connectivity index (χ0n) is 19.5. The molecule has 33 heavy (non-hydrogen) atoms. The molecule has 7 heteroatoms. The minimum atomic E-state index is -0.253. The van der Waals surface area contributed by atoms with E-state index in [2.05, 4.69) is 35.6 Å². The van der Waals surface area contributed by atoms with Crippen molar-refractivity contribution in [2.75, 3.05) is 32.1 Å². The molecule has 3 aromatic rings. The van der Waals surface area contributed by atoms with Crippen molar-refractivity contribution in [2.24, 2.45) is 0 Å². The molecule has 5 nitrogen and oxygen atoms in total. The minimum Gasteiger partial charge on any atom is -0.324 e. The van der Waals surface area contributed by atoms with E-state index in [1.54, 1.807) is 17.0 Å². The lowest BCUT2D eigenvalue weighted by Crippen LogP contribution is -2.44. The van der Waals surface area contributed by atoms with Gasteiger partial charge < -0.3 is 9.80 Å².